The largest absolute Gasteiger partial charge is 0.297 e. The second kappa shape index (κ2) is 10.1. The van der Waals surface area contributed by atoms with E-state index in [0.29, 0.717) is 11.4 Å². The third-order valence-electron chi connectivity index (χ3n) is 6.00. The molecule has 7 heteroatoms. The molecule has 0 aliphatic carbocycles. The zero-order valence-corrected chi connectivity index (χ0v) is 20.8. The molecule has 0 spiro atoms. The van der Waals surface area contributed by atoms with Gasteiger partial charge in [0.25, 0.3) is 0 Å². The lowest BCUT2D eigenvalue weighted by Gasteiger charge is -2.34. The van der Waals surface area contributed by atoms with Crippen LogP contribution in [0.4, 0.5) is 0 Å². The van der Waals surface area contributed by atoms with Gasteiger partial charge < -0.3 is 0 Å². The molecule has 0 saturated carbocycles. The molecule has 1 aliphatic rings. The summed E-state index contributed by atoms with van der Waals surface area (Å²) in [7, 11) is 0. The highest BCUT2D eigenvalue weighted by Gasteiger charge is 2.20. The van der Waals surface area contributed by atoms with Crippen molar-refractivity contribution in [3.8, 4) is 17.1 Å². The van der Waals surface area contributed by atoms with Crippen LogP contribution in [0.2, 0.25) is 0 Å². The quantitative estimate of drug-likeness (QED) is 0.309. The van der Waals surface area contributed by atoms with Crippen LogP contribution < -0.4 is 0 Å². The topological polar surface area (TPSA) is 29.2 Å². The summed E-state index contributed by atoms with van der Waals surface area (Å²) in [6, 6.07) is 29.2. The second-order valence-electron chi connectivity index (χ2n) is 8.30. The molecule has 0 radical (unpaired) electrons. The standard InChI is InChI=1S/C26H26BrN5S/c27-23-11-13-24(14-12-23)32-25(22-9-5-2-6-10-22)28-31(26(32)33)20-30-17-15-29(16-18-30)19-21-7-3-1-4-8-21/h1-14H,15-20H2. The first-order valence-corrected chi connectivity index (χ1v) is 12.4. The van der Waals surface area contributed by atoms with Crippen molar-refractivity contribution < 1.29 is 0 Å². The Labute approximate surface area is 208 Å². The minimum atomic E-state index is 0.696. The molecule has 3 aromatic carbocycles. The maximum Gasteiger partial charge on any atom is 0.204 e. The molecule has 0 unspecified atom stereocenters. The highest BCUT2D eigenvalue weighted by atomic mass is 79.9. The fraction of sp³-hybridized carbons (Fsp3) is 0.231. The summed E-state index contributed by atoms with van der Waals surface area (Å²) in [6.45, 7) is 5.79. The molecule has 2 heterocycles. The Balaban J connectivity index is 1.36. The average Bonchev–Trinajstić information content (AvgIpc) is 3.18. The van der Waals surface area contributed by atoms with E-state index in [2.05, 4.69) is 84.9 Å². The van der Waals surface area contributed by atoms with Crippen molar-refractivity contribution in [1.82, 2.24) is 24.1 Å². The lowest BCUT2D eigenvalue weighted by atomic mass is 10.2. The lowest BCUT2D eigenvalue weighted by molar-refractivity contribution is 0.0981. The summed E-state index contributed by atoms with van der Waals surface area (Å²) < 4.78 is 5.79. The number of hydrogen-bond donors (Lipinski definition) is 0. The fourth-order valence-electron chi connectivity index (χ4n) is 4.22. The Morgan fingerprint density at radius 1 is 0.758 bits per heavy atom. The molecule has 0 bridgehead atoms. The molecular formula is C26H26BrN5S. The average molecular weight is 521 g/mol. The number of piperazine rings is 1. The first-order valence-electron chi connectivity index (χ1n) is 11.2. The third kappa shape index (κ3) is 5.17. The summed E-state index contributed by atoms with van der Waals surface area (Å²) in [5, 5.41) is 4.97. The molecule has 33 heavy (non-hydrogen) atoms. The molecule has 1 aromatic heterocycles. The van der Waals surface area contributed by atoms with Gasteiger partial charge in [-0.25, -0.2) is 4.68 Å². The second-order valence-corrected chi connectivity index (χ2v) is 9.59. The van der Waals surface area contributed by atoms with E-state index in [1.54, 1.807) is 0 Å². The van der Waals surface area contributed by atoms with Crippen molar-refractivity contribution in [1.29, 1.82) is 0 Å². The summed E-state index contributed by atoms with van der Waals surface area (Å²) >= 11 is 9.45. The van der Waals surface area contributed by atoms with Crippen molar-refractivity contribution in [3.63, 3.8) is 0 Å². The number of rotatable bonds is 6. The first kappa shape index (κ1) is 22.2. The molecule has 0 N–H and O–H groups in total. The van der Waals surface area contributed by atoms with Gasteiger partial charge in [-0.2, -0.15) is 0 Å². The zero-order valence-electron chi connectivity index (χ0n) is 18.3. The predicted molar refractivity (Wildman–Crippen MR) is 139 cm³/mol. The van der Waals surface area contributed by atoms with Crippen molar-refractivity contribution in [2.45, 2.75) is 13.2 Å². The van der Waals surface area contributed by atoms with Crippen LogP contribution in [0, 0.1) is 4.77 Å². The van der Waals surface area contributed by atoms with E-state index < -0.39 is 0 Å². The summed E-state index contributed by atoms with van der Waals surface area (Å²) in [5.74, 6) is 0.866. The van der Waals surface area contributed by atoms with E-state index in [0.717, 1.165) is 54.3 Å². The van der Waals surface area contributed by atoms with Gasteiger partial charge in [0.15, 0.2) is 5.82 Å². The lowest BCUT2D eigenvalue weighted by Crippen LogP contribution is -2.46. The van der Waals surface area contributed by atoms with E-state index in [-0.39, 0.29) is 0 Å². The van der Waals surface area contributed by atoms with Gasteiger partial charge in [0.05, 0.1) is 12.4 Å². The molecule has 0 atom stereocenters. The Hall–Kier alpha value is -2.58. The zero-order chi connectivity index (χ0) is 22.6. The Morgan fingerprint density at radius 3 is 2.03 bits per heavy atom. The van der Waals surface area contributed by atoms with E-state index >= 15 is 0 Å². The molecule has 0 amide bonds. The van der Waals surface area contributed by atoms with Gasteiger partial charge in [0.2, 0.25) is 4.77 Å². The van der Waals surface area contributed by atoms with Crippen LogP contribution in [0.1, 0.15) is 5.56 Å². The van der Waals surface area contributed by atoms with Crippen molar-refractivity contribution in [2.24, 2.45) is 0 Å². The van der Waals surface area contributed by atoms with Crippen LogP contribution in [-0.2, 0) is 13.2 Å². The maximum atomic E-state index is 5.92. The number of halogens is 1. The molecule has 1 aliphatic heterocycles. The Bertz CT molecular complexity index is 1240. The van der Waals surface area contributed by atoms with Gasteiger partial charge >= 0.3 is 0 Å². The van der Waals surface area contributed by atoms with Crippen molar-refractivity contribution in [2.75, 3.05) is 26.2 Å². The monoisotopic (exact) mass is 519 g/mol. The molecular weight excluding hydrogens is 494 g/mol. The van der Waals surface area contributed by atoms with E-state index in [1.165, 1.54) is 5.56 Å². The summed E-state index contributed by atoms with van der Waals surface area (Å²) in [6.07, 6.45) is 0. The minimum Gasteiger partial charge on any atom is -0.297 e. The van der Waals surface area contributed by atoms with Crippen LogP contribution in [-0.4, -0.2) is 50.3 Å². The van der Waals surface area contributed by atoms with E-state index in [9.17, 15) is 0 Å². The highest BCUT2D eigenvalue weighted by Crippen LogP contribution is 2.24. The molecule has 1 saturated heterocycles. The smallest absolute Gasteiger partial charge is 0.204 e. The fourth-order valence-corrected chi connectivity index (χ4v) is 4.77. The Kier molecular flexibility index (Phi) is 6.83. The first-order chi connectivity index (χ1) is 16.2. The van der Waals surface area contributed by atoms with Gasteiger partial charge in [0, 0.05) is 42.8 Å². The minimum absolute atomic E-state index is 0.696. The van der Waals surface area contributed by atoms with Crippen molar-refractivity contribution in [3.05, 3.63) is 99.7 Å². The van der Waals surface area contributed by atoms with Crippen LogP contribution in [0.5, 0.6) is 0 Å². The highest BCUT2D eigenvalue weighted by molar-refractivity contribution is 9.10. The molecule has 4 aromatic rings. The van der Waals surface area contributed by atoms with Crippen LogP contribution >= 0.6 is 28.1 Å². The SMILES string of the molecule is S=c1n(CN2CCN(Cc3ccccc3)CC2)nc(-c2ccccc2)n1-c1ccc(Br)cc1. The predicted octanol–water partition coefficient (Wildman–Crippen LogP) is 5.61. The Morgan fingerprint density at radius 2 is 1.36 bits per heavy atom. The van der Waals surface area contributed by atoms with Crippen LogP contribution in [0.3, 0.4) is 0 Å². The number of benzene rings is 3. The van der Waals surface area contributed by atoms with Crippen LogP contribution in [0.15, 0.2) is 89.4 Å². The number of aromatic nitrogens is 3. The van der Waals surface area contributed by atoms with E-state index in [4.69, 9.17) is 17.3 Å². The third-order valence-corrected chi connectivity index (χ3v) is 6.93. The number of hydrogen-bond acceptors (Lipinski definition) is 4. The van der Waals surface area contributed by atoms with Crippen LogP contribution in [0.25, 0.3) is 17.1 Å². The summed E-state index contributed by atoms with van der Waals surface area (Å²) in [4.78, 5) is 4.95. The molecule has 5 nitrogen and oxygen atoms in total. The maximum absolute atomic E-state index is 5.92. The van der Waals surface area contributed by atoms with Gasteiger partial charge in [-0.15, -0.1) is 5.10 Å². The van der Waals surface area contributed by atoms with Gasteiger partial charge in [-0.3, -0.25) is 14.4 Å². The molecule has 168 valence electrons. The number of nitrogens with zero attached hydrogens (tertiary/aromatic N) is 5. The normalized spacial score (nSPS) is 15.1. The van der Waals surface area contributed by atoms with Crippen molar-refractivity contribution >= 4 is 28.1 Å². The van der Waals surface area contributed by atoms with E-state index in [1.807, 2.05) is 35.0 Å². The van der Waals surface area contributed by atoms with Gasteiger partial charge in [0.1, 0.15) is 0 Å². The van der Waals surface area contributed by atoms with Gasteiger partial charge in [-0.05, 0) is 42.0 Å². The molecule has 5 rings (SSSR count). The molecule has 1 fully saturated rings. The summed E-state index contributed by atoms with van der Waals surface area (Å²) in [5.41, 5.74) is 3.44. The van der Waals surface area contributed by atoms with Gasteiger partial charge in [-0.1, -0.05) is 76.6 Å².